The summed E-state index contributed by atoms with van der Waals surface area (Å²) in [4.78, 5) is 11.5. The molecule has 0 fully saturated rings. The normalized spacial score (nSPS) is 11.9. The van der Waals surface area contributed by atoms with Crippen molar-refractivity contribution in [3.8, 4) is 0 Å². The van der Waals surface area contributed by atoms with Crippen LogP contribution >= 0.6 is 0 Å². The summed E-state index contributed by atoms with van der Waals surface area (Å²) in [6.45, 7) is 13.4. The van der Waals surface area contributed by atoms with Gasteiger partial charge in [0.15, 0.2) is 0 Å². The fraction of sp³-hybridized carbons (Fsp3) is 0.929. The quantitative estimate of drug-likeness (QED) is 0.621. The zero-order valence-electron chi connectivity index (χ0n) is 12.6. The van der Waals surface area contributed by atoms with Gasteiger partial charge in [-0.05, 0) is 33.1 Å². The Morgan fingerprint density at radius 2 is 1.83 bits per heavy atom. The molecule has 0 aliphatic heterocycles. The number of amides is 1. The van der Waals surface area contributed by atoms with Crippen molar-refractivity contribution in [1.29, 1.82) is 0 Å². The Labute approximate surface area is 112 Å². The lowest BCUT2D eigenvalue weighted by molar-refractivity contribution is -0.122. The summed E-state index contributed by atoms with van der Waals surface area (Å²) in [6, 6.07) is 0. The van der Waals surface area contributed by atoms with Crippen LogP contribution in [0.15, 0.2) is 0 Å². The van der Waals surface area contributed by atoms with E-state index in [1.165, 1.54) is 0 Å². The molecule has 0 spiro atoms. The molecule has 0 bridgehead atoms. The fourth-order valence-electron chi connectivity index (χ4n) is 1.37. The standard InChI is InChI=1S/C14H30N2O2/c1-12(2)7-10-18-11-9-15-8-6-13(17)16-14(3,4)5/h12,15H,6-11H2,1-5H3,(H,16,17). The summed E-state index contributed by atoms with van der Waals surface area (Å²) in [5, 5.41) is 6.14. The first-order chi connectivity index (χ1) is 8.31. The van der Waals surface area contributed by atoms with E-state index >= 15 is 0 Å². The number of ether oxygens (including phenoxy) is 1. The molecule has 0 unspecified atom stereocenters. The molecule has 0 saturated carbocycles. The highest BCUT2D eigenvalue weighted by molar-refractivity contribution is 5.76. The molecule has 4 nitrogen and oxygen atoms in total. The minimum Gasteiger partial charge on any atom is -0.380 e. The zero-order valence-corrected chi connectivity index (χ0v) is 12.6. The first-order valence-electron chi connectivity index (χ1n) is 6.91. The van der Waals surface area contributed by atoms with Gasteiger partial charge >= 0.3 is 0 Å². The van der Waals surface area contributed by atoms with Gasteiger partial charge in [0.1, 0.15) is 0 Å². The summed E-state index contributed by atoms with van der Waals surface area (Å²) in [5.41, 5.74) is -0.142. The molecule has 0 aliphatic carbocycles. The van der Waals surface area contributed by atoms with Crippen LogP contribution in [0, 0.1) is 5.92 Å². The SMILES string of the molecule is CC(C)CCOCCNCCC(=O)NC(C)(C)C. The fourth-order valence-corrected chi connectivity index (χ4v) is 1.37. The lowest BCUT2D eigenvalue weighted by Crippen LogP contribution is -2.41. The zero-order chi connectivity index (χ0) is 14.0. The van der Waals surface area contributed by atoms with Crippen molar-refractivity contribution in [3.63, 3.8) is 0 Å². The average Bonchev–Trinajstić information content (AvgIpc) is 2.18. The first kappa shape index (κ1) is 17.4. The second-order valence-corrected chi connectivity index (χ2v) is 6.09. The predicted molar refractivity (Wildman–Crippen MR) is 75.7 cm³/mol. The molecule has 0 saturated heterocycles. The van der Waals surface area contributed by atoms with Crippen molar-refractivity contribution < 1.29 is 9.53 Å². The average molecular weight is 258 g/mol. The van der Waals surface area contributed by atoms with Gasteiger partial charge in [-0.15, -0.1) is 0 Å². The van der Waals surface area contributed by atoms with E-state index in [9.17, 15) is 4.79 Å². The van der Waals surface area contributed by atoms with Gasteiger partial charge in [-0.1, -0.05) is 13.8 Å². The van der Waals surface area contributed by atoms with Gasteiger partial charge < -0.3 is 15.4 Å². The molecular weight excluding hydrogens is 228 g/mol. The molecule has 0 aliphatic rings. The van der Waals surface area contributed by atoms with E-state index in [2.05, 4.69) is 24.5 Å². The maximum Gasteiger partial charge on any atom is 0.221 e. The topological polar surface area (TPSA) is 50.4 Å². The van der Waals surface area contributed by atoms with Crippen LogP contribution in [0.1, 0.15) is 47.5 Å². The highest BCUT2D eigenvalue weighted by Crippen LogP contribution is 1.99. The molecule has 0 heterocycles. The van der Waals surface area contributed by atoms with E-state index in [-0.39, 0.29) is 11.4 Å². The molecular formula is C14H30N2O2. The van der Waals surface area contributed by atoms with E-state index in [0.717, 1.165) is 19.6 Å². The van der Waals surface area contributed by atoms with Crippen LogP contribution in [-0.4, -0.2) is 37.7 Å². The smallest absolute Gasteiger partial charge is 0.221 e. The van der Waals surface area contributed by atoms with Crippen LogP contribution in [-0.2, 0) is 9.53 Å². The number of hydrogen-bond acceptors (Lipinski definition) is 3. The van der Waals surface area contributed by atoms with Gasteiger partial charge in [0.25, 0.3) is 0 Å². The van der Waals surface area contributed by atoms with Crippen LogP contribution in [0.2, 0.25) is 0 Å². The maximum absolute atomic E-state index is 11.5. The Morgan fingerprint density at radius 3 is 2.39 bits per heavy atom. The van der Waals surface area contributed by atoms with E-state index < -0.39 is 0 Å². The molecule has 0 atom stereocenters. The molecule has 108 valence electrons. The van der Waals surface area contributed by atoms with Gasteiger partial charge in [-0.25, -0.2) is 0 Å². The summed E-state index contributed by atoms with van der Waals surface area (Å²) in [7, 11) is 0. The molecule has 18 heavy (non-hydrogen) atoms. The Balaban J connectivity index is 3.28. The van der Waals surface area contributed by atoms with Crippen molar-refractivity contribution in [3.05, 3.63) is 0 Å². The van der Waals surface area contributed by atoms with E-state index in [1.807, 2.05) is 20.8 Å². The van der Waals surface area contributed by atoms with Crippen LogP contribution in [0.3, 0.4) is 0 Å². The highest BCUT2D eigenvalue weighted by atomic mass is 16.5. The first-order valence-corrected chi connectivity index (χ1v) is 6.91. The summed E-state index contributed by atoms with van der Waals surface area (Å²) >= 11 is 0. The van der Waals surface area contributed by atoms with Gasteiger partial charge in [-0.3, -0.25) is 4.79 Å². The van der Waals surface area contributed by atoms with Crippen molar-refractivity contribution in [1.82, 2.24) is 10.6 Å². The van der Waals surface area contributed by atoms with Crippen molar-refractivity contribution in [2.45, 2.75) is 53.0 Å². The third-order valence-electron chi connectivity index (χ3n) is 2.31. The lowest BCUT2D eigenvalue weighted by atomic mass is 10.1. The van der Waals surface area contributed by atoms with Crippen LogP contribution in [0.4, 0.5) is 0 Å². The van der Waals surface area contributed by atoms with Crippen LogP contribution in [0.25, 0.3) is 0 Å². The molecule has 0 aromatic heterocycles. The van der Waals surface area contributed by atoms with Gasteiger partial charge in [0.2, 0.25) is 5.91 Å². The molecule has 0 rings (SSSR count). The lowest BCUT2D eigenvalue weighted by Gasteiger charge is -2.20. The monoisotopic (exact) mass is 258 g/mol. The molecule has 4 heteroatoms. The summed E-state index contributed by atoms with van der Waals surface area (Å²) in [6.07, 6.45) is 1.62. The second kappa shape index (κ2) is 9.34. The number of nitrogens with one attached hydrogen (secondary N) is 2. The molecule has 0 radical (unpaired) electrons. The maximum atomic E-state index is 11.5. The highest BCUT2D eigenvalue weighted by Gasteiger charge is 2.12. The van der Waals surface area contributed by atoms with E-state index in [4.69, 9.17) is 4.74 Å². The molecule has 0 aromatic rings. The van der Waals surface area contributed by atoms with Crippen molar-refractivity contribution in [2.24, 2.45) is 5.92 Å². The Morgan fingerprint density at radius 1 is 1.17 bits per heavy atom. The van der Waals surface area contributed by atoms with Crippen molar-refractivity contribution >= 4 is 5.91 Å². The number of rotatable bonds is 9. The predicted octanol–water partition coefficient (Wildman–Crippen LogP) is 1.94. The van der Waals surface area contributed by atoms with Crippen molar-refractivity contribution in [2.75, 3.05) is 26.3 Å². The third-order valence-corrected chi connectivity index (χ3v) is 2.31. The van der Waals surface area contributed by atoms with Gasteiger partial charge in [0, 0.05) is 31.7 Å². The number of carbonyl (C=O) groups is 1. The Bertz CT molecular complexity index is 222. The van der Waals surface area contributed by atoms with Gasteiger partial charge in [0.05, 0.1) is 6.61 Å². The second-order valence-electron chi connectivity index (χ2n) is 6.09. The largest absolute Gasteiger partial charge is 0.380 e. The minimum atomic E-state index is -0.142. The Kier molecular flexibility index (Phi) is 9.02. The summed E-state index contributed by atoms with van der Waals surface area (Å²) < 4.78 is 5.47. The van der Waals surface area contributed by atoms with E-state index in [1.54, 1.807) is 0 Å². The molecule has 0 aromatic carbocycles. The molecule has 1 amide bonds. The van der Waals surface area contributed by atoms with Gasteiger partial charge in [-0.2, -0.15) is 0 Å². The number of carbonyl (C=O) groups excluding carboxylic acids is 1. The van der Waals surface area contributed by atoms with Crippen LogP contribution in [0.5, 0.6) is 0 Å². The van der Waals surface area contributed by atoms with E-state index in [0.29, 0.717) is 25.5 Å². The Hall–Kier alpha value is -0.610. The minimum absolute atomic E-state index is 0.0933. The number of hydrogen-bond donors (Lipinski definition) is 2. The summed E-state index contributed by atoms with van der Waals surface area (Å²) in [5.74, 6) is 0.787. The molecule has 2 N–H and O–H groups in total. The van der Waals surface area contributed by atoms with Crippen LogP contribution < -0.4 is 10.6 Å². The third kappa shape index (κ3) is 13.5.